The lowest BCUT2D eigenvalue weighted by molar-refractivity contribution is -0.133. The monoisotopic (exact) mass is 327 g/mol. The summed E-state index contributed by atoms with van der Waals surface area (Å²) in [5, 5.41) is 1.90. The molecule has 2 heterocycles. The number of rotatable bonds is 4. The molecule has 1 fully saturated rings. The lowest BCUT2D eigenvalue weighted by Crippen LogP contribution is -2.38. The largest absolute Gasteiger partial charge is 0.342 e. The molecule has 23 heavy (non-hydrogen) atoms. The molecule has 1 aliphatic heterocycles. The Morgan fingerprint density at radius 3 is 2.35 bits per heavy atom. The molecule has 0 bridgehead atoms. The summed E-state index contributed by atoms with van der Waals surface area (Å²) >= 11 is 1.45. The van der Waals surface area contributed by atoms with Crippen LogP contribution in [0.25, 0.3) is 0 Å². The molecule has 0 unspecified atom stereocenters. The van der Waals surface area contributed by atoms with Crippen LogP contribution in [-0.2, 0) is 4.79 Å². The van der Waals surface area contributed by atoms with Crippen LogP contribution in [0.1, 0.15) is 52.9 Å². The Morgan fingerprint density at radius 1 is 1.04 bits per heavy atom. The molecule has 2 aromatic rings. The minimum Gasteiger partial charge on any atom is -0.342 e. The van der Waals surface area contributed by atoms with Crippen molar-refractivity contribution in [2.24, 2.45) is 0 Å². The van der Waals surface area contributed by atoms with E-state index >= 15 is 0 Å². The molecule has 120 valence electrons. The Labute approximate surface area is 140 Å². The van der Waals surface area contributed by atoms with Gasteiger partial charge < -0.3 is 4.90 Å². The van der Waals surface area contributed by atoms with Crippen molar-refractivity contribution in [3.05, 3.63) is 57.8 Å². The number of ketones is 1. The Morgan fingerprint density at radius 2 is 1.74 bits per heavy atom. The van der Waals surface area contributed by atoms with Gasteiger partial charge in [0.15, 0.2) is 0 Å². The fraction of sp³-hybridized carbons (Fsp3) is 0.368. The highest BCUT2D eigenvalue weighted by Gasteiger charge is 2.23. The van der Waals surface area contributed by atoms with Crippen LogP contribution in [0.3, 0.4) is 0 Å². The van der Waals surface area contributed by atoms with Crippen molar-refractivity contribution in [1.29, 1.82) is 0 Å². The van der Waals surface area contributed by atoms with Crippen molar-refractivity contribution in [1.82, 2.24) is 4.90 Å². The molecule has 0 radical (unpaired) electrons. The molecular weight excluding hydrogens is 306 g/mol. The second-order valence-corrected chi connectivity index (χ2v) is 6.98. The molecule has 1 aromatic heterocycles. The maximum atomic E-state index is 12.6. The summed E-state index contributed by atoms with van der Waals surface area (Å²) in [5.74, 6) is 0.0857. The van der Waals surface area contributed by atoms with Crippen LogP contribution >= 0.6 is 11.3 Å². The molecule has 0 saturated carbocycles. The quantitative estimate of drug-likeness (QED) is 0.793. The molecule has 0 N–H and O–H groups in total. The molecule has 4 heteroatoms. The summed E-state index contributed by atoms with van der Waals surface area (Å²) in [6.07, 6.45) is 3.43. The smallest absolute Gasteiger partial charge is 0.229 e. The summed E-state index contributed by atoms with van der Waals surface area (Å²) in [4.78, 5) is 27.6. The highest BCUT2D eigenvalue weighted by Crippen LogP contribution is 2.22. The van der Waals surface area contributed by atoms with Gasteiger partial charge in [0.05, 0.1) is 10.8 Å². The van der Waals surface area contributed by atoms with Crippen LogP contribution < -0.4 is 0 Å². The molecule has 1 saturated heterocycles. The van der Waals surface area contributed by atoms with Crippen LogP contribution in [0.2, 0.25) is 0 Å². The highest BCUT2D eigenvalue weighted by atomic mass is 32.1. The van der Waals surface area contributed by atoms with Crippen molar-refractivity contribution in [2.45, 2.75) is 32.1 Å². The number of thiophene rings is 1. The molecule has 1 aliphatic rings. The van der Waals surface area contributed by atoms with Crippen molar-refractivity contribution < 1.29 is 9.59 Å². The number of benzene rings is 1. The topological polar surface area (TPSA) is 37.4 Å². The first kappa shape index (κ1) is 15.9. The minimum absolute atomic E-state index is 0.0431. The van der Waals surface area contributed by atoms with Gasteiger partial charge in [-0.25, -0.2) is 0 Å². The van der Waals surface area contributed by atoms with Gasteiger partial charge in [0.2, 0.25) is 11.7 Å². The van der Waals surface area contributed by atoms with E-state index in [0.29, 0.717) is 5.56 Å². The van der Waals surface area contributed by atoms with Gasteiger partial charge in [0.1, 0.15) is 0 Å². The van der Waals surface area contributed by atoms with Crippen LogP contribution in [-0.4, -0.2) is 29.7 Å². The maximum absolute atomic E-state index is 12.6. The highest BCUT2D eigenvalue weighted by molar-refractivity contribution is 7.12. The lowest BCUT2D eigenvalue weighted by Gasteiger charge is -2.29. The van der Waals surface area contributed by atoms with Crippen molar-refractivity contribution in [3.8, 4) is 0 Å². The zero-order chi connectivity index (χ0) is 16.2. The van der Waals surface area contributed by atoms with E-state index in [0.717, 1.165) is 36.4 Å². The molecule has 0 spiro atoms. The number of carbonyl (C=O) groups excluding carboxylic acids is 2. The Balaban J connectivity index is 1.71. The lowest BCUT2D eigenvalue weighted by atomic mass is 9.96. The van der Waals surface area contributed by atoms with E-state index < -0.39 is 0 Å². The van der Waals surface area contributed by atoms with Gasteiger partial charge in [0.25, 0.3) is 0 Å². The summed E-state index contributed by atoms with van der Waals surface area (Å²) in [7, 11) is 0. The van der Waals surface area contributed by atoms with Crippen LogP contribution in [0.15, 0.2) is 41.8 Å². The zero-order valence-electron chi connectivity index (χ0n) is 13.3. The first-order valence-corrected chi connectivity index (χ1v) is 9.02. The van der Waals surface area contributed by atoms with E-state index in [1.165, 1.54) is 17.8 Å². The standard InChI is InChI=1S/C19H21NO2S/c1-14(19(22)20-11-3-2-4-12-20)15-7-9-16(10-8-15)18(21)17-6-5-13-23-17/h5-10,13-14H,2-4,11-12H2,1H3/t14-/m0/s1. The predicted octanol–water partition coefficient (Wildman–Crippen LogP) is 4.10. The van der Waals surface area contributed by atoms with Crippen molar-refractivity contribution in [3.63, 3.8) is 0 Å². The average molecular weight is 327 g/mol. The average Bonchev–Trinajstić information content (AvgIpc) is 3.15. The number of hydrogen-bond donors (Lipinski definition) is 0. The Kier molecular flexibility index (Phi) is 4.91. The van der Waals surface area contributed by atoms with Crippen molar-refractivity contribution in [2.75, 3.05) is 13.1 Å². The third kappa shape index (κ3) is 3.53. The molecule has 1 aromatic carbocycles. The number of piperidine rings is 1. The van der Waals surface area contributed by atoms with Gasteiger partial charge in [0, 0.05) is 18.7 Å². The molecule has 0 aliphatic carbocycles. The second kappa shape index (κ2) is 7.09. The van der Waals surface area contributed by atoms with Gasteiger partial charge >= 0.3 is 0 Å². The van der Waals surface area contributed by atoms with Crippen LogP contribution in [0.5, 0.6) is 0 Å². The number of carbonyl (C=O) groups is 2. The van der Waals surface area contributed by atoms with Crippen LogP contribution in [0, 0.1) is 0 Å². The predicted molar refractivity (Wildman–Crippen MR) is 93.0 cm³/mol. The fourth-order valence-corrected chi connectivity index (χ4v) is 3.69. The van der Waals surface area contributed by atoms with Gasteiger partial charge in [-0.05, 0) is 43.2 Å². The minimum atomic E-state index is -0.154. The van der Waals surface area contributed by atoms with Gasteiger partial charge in [-0.1, -0.05) is 30.3 Å². The van der Waals surface area contributed by atoms with E-state index in [-0.39, 0.29) is 17.6 Å². The summed E-state index contributed by atoms with van der Waals surface area (Å²) in [6, 6.07) is 11.2. The molecule has 1 atom stereocenters. The summed E-state index contributed by atoms with van der Waals surface area (Å²) in [5.41, 5.74) is 1.65. The Bertz CT molecular complexity index is 670. The second-order valence-electron chi connectivity index (χ2n) is 6.04. The number of amides is 1. The first-order valence-electron chi connectivity index (χ1n) is 8.14. The molecule has 3 rings (SSSR count). The number of hydrogen-bond acceptors (Lipinski definition) is 3. The van der Waals surface area contributed by atoms with E-state index in [1.54, 1.807) is 0 Å². The van der Waals surface area contributed by atoms with E-state index in [1.807, 2.05) is 53.6 Å². The van der Waals surface area contributed by atoms with E-state index in [4.69, 9.17) is 0 Å². The third-order valence-corrected chi connectivity index (χ3v) is 5.32. The first-order chi connectivity index (χ1) is 11.2. The van der Waals surface area contributed by atoms with Gasteiger partial charge in [-0.15, -0.1) is 11.3 Å². The summed E-state index contributed by atoms with van der Waals surface area (Å²) in [6.45, 7) is 3.70. The van der Waals surface area contributed by atoms with E-state index in [9.17, 15) is 9.59 Å². The van der Waals surface area contributed by atoms with Crippen molar-refractivity contribution >= 4 is 23.0 Å². The van der Waals surface area contributed by atoms with E-state index in [2.05, 4.69) is 0 Å². The molecular formula is C19H21NO2S. The Hall–Kier alpha value is -1.94. The van der Waals surface area contributed by atoms with Gasteiger partial charge in [-0.2, -0.15) is 0 Å². The fourth-order valence-electron chi connectivity index (χ4n) is 3.00. The third-order valence-electron chi connectivity index (χ3n) is 4.46. The normalized spacial score (nSPS) is 16.1. The molecule has 1 amide bonds. The zero-order valence-corrected chi connectivity index (χ0v) is 14.1. The molecule has 3 nitrogen and oxygen atoms in total. The maximum Gasteiger partial charge on any atom is 0.229 e. The number of nitrogens with zero attached hydrogens (tertiary/aromatic N) is 1. The van der Waals surface area contributed by atoms with Crippen LogP contribution in [0.4, 0.5) is 0 Å². The van der Waals surface area contributed by atoms with Gasteiger partial charge in [-0.3, -0.25) is 9.59 Å². The SMILES string of the molecule is C[C@H](C(=O)N1CCCCC1)c1ccc(C(=O)c2cccs2)cc1. The summed E-state index contributed by atoms with van der Waals surface area (Å²) < 4.78 is 0. The number of likely N-dealkylation sites (tertiary alicyclic amines) is 1.